The lowest BCUT2D eigenvalue weighted by Gasteiger charge is -2.34. The summed E-state index contributed by atoms with van der Waals surface area (Å²) in [6.45, 7) is 57.9. The summed E-state index contributed by atoms with van der Waals surface area (Å²) in [4.78, 5) is 49.0. The topological polar surface area (TPSA) is 153 Å². The number of alkyl halides is 2. The van der Waals surface area contributed by atoms with Crippen molar-refractivity contribution in [2.45, 2.75) is 368 Å². The fourth-order valence-electron chi connectivity index (χ4n) is 10.4. The van der Waals surface area contributed by atoms with Gasteiger partial charge in [0, 0.05) is 55.9 Å². The highest BCUT2D eigenvalue weighted by Gasteiger charge is 2.31. The zero-order valence-electron chi connectivity index (χ0n) is 68.8. The minimum absolute atomic E-state index is 0. The van der Waals surface area contributed by atoms with Gasteiger partial charge in [0.25, 0.3) is 0 Å². The van der Waals surface area contributed by atoms with Crippen LogP contribution in [-0.2, 0) is 23.7 Å². The maximum Gasteiger partial charge on any atom is 0.407 e. The number of amides is 4. The molecule has 4 saturated carbocycles. The predicted molar refractivity (Wildman–Crippen MR) is 450 cm³/mol. The fraction of sp³-hybridized carbons (Fsp3) is 0.951. The molecule has 4 aliphatic rings. The van der Waals surface area contributed by atoms with E-state index in [0.717, 1.165) is 174 Å². The highest BCUT2D eigenvalue weighted by Crippen LogP contribution is 2.38. The third-order valence-electron chi connectivity index (χ3n) is 22.0. The summed E-state index contributed by atoms with van der Waals surface area (Å²) in [6.07, 6.45) is 22.0. The first kappa shape index (κ1) is 107. The predicted octanol–water partition coefficient (Wildman–Crippen LogP) is 25.1. The van der Waals surface area contributed by atoms with Crippen molar-refractivity contribution in [1.29, 1.82) is 1.34 Å². The monoisotopic (exact) mass is 1610 g/mol. The van der Waals surface area contributed by atoms with Gasteiger partial charge < -0.3 is 40.2 Å². The quantitative estimate of drug-likeness (QED) is 0.0232. The normalized spacial score (nSPS) is 20.7. The Morgan fingerprint density at radius 2 is 0.557 bits per heavy atom. The number of unbranched alkanes of at least 4 members (excludes halogenated alkanes) is 2. The molecule has 97 heavy (non-hydrogen) atoms. The average Bonchev–Trinajstić information content (AvgIpc) is 0.966. The minimum Gasteiger partial charge on any atom is -0.450 e. The molecule has 4 fully saturated rings. The molecule has 0 atom stereocenters. The van der Waals surface area contributed by atoms with E-state index < -0.39 is 0 Å². The van der Waals surface area contributed by atoms with E-state index in [4.69, 9.17) is 23.0 Å². The van der Waals surface area contributed by atoms with Gasteiger partial charge >= 0.3 is 18.3 Å². The molecule has 4 amide bonds. The Bertz CT molecular complexity index is 1690. The molecule has 4 aliphatic carbocycles. The Morgan fingerprint density at radius 1 is 0.381 bits per heavy atom. The molecule has 0 aromatic rings. The van der Waals surface area contributed by atoms with Gasteiger partial charge in [0.2, 0.25) is 5.91 Å². The van der Waals surface area contributed by atoms with E-state index in [1.807, 2.05) is 45.2 Å². The van der Waals surface area contributed by atoms with Gasteiger partial charge in [-0.15, -0.1) is 0 Å². The molecular formula is C82H175BI2N4O8. The van der Waals surface area contributed by atoms with Gasteiger partial charge in [-0.25, -0.2) is 14.4 Å². The summed E-state index contributed by atoms with van der Waals surface area (Å²) in [5.74, 6) is 11.3. The number of methoxy groups -OCH3 is 1. The van der Waals surface area contributed by atoms with E-state index in [1.54, 1.807) is 14.0 Å². The molecule has 2 radical (unpaired) electrons. The van der Waals surface area contributed by atoms with Crippen LogP contribution in [-0.4, -0.2) is 101 Å². The van der Waals surface area contributed by atoms with Crippen LogP contribution in [0.25, 0.3) is 0 Å². The van der Waals surface area contributed by atoms with Crippen LogP contribution < -0.4 is 21.3 Å². The van der Waals surface area contributed by atoms with Crippen molar-refractivity contribution in [3.63, 3.8) is 0 Å². The number of halogens is 2. The molecule has 0 aliphatic heterocycles. The highest BCUT2D eigenvalue weighted by atomic mass is 127. The molecule has 0 aromatic heterocycles. The molecule has 588 valence electrons. The summed E-state index contributed by atoms with van der Waals surface area (Å²) in [5, 5.41) is 12.2. The molecule has 15 heteroatoms. The Labute approximate surface area is 642 Å². The third kappa shape index (κ3) is 61.9. The number of alkyl carbamates (subject to hydrolysis) is 3. The number of hydrogen-bond acceptors (Lipinski definition) is 8. The highest BCUT2D eigenvalue weighted by molar-refractivity contribution is 14.1. The number of hydrogen-bond donors (Lipinski definition) is 4. The molecular weight excluding hydrogens is 1430 g/mol. The van der Waals surface area contributed by atoms with E-state index in [-0.39, 0.29) is 72.0 Å². The lowest BCUT2D eigenvalue weighted by molar-refractivity contribution is -0.119. The van der Waals surface area contributed by atoms with Crippen LogP contribution in [0.5, 0.6) is 0 Å². The van der Waals surface area contributed by atoms with Crippen molar-refractivity contribution in [3.8, 4) is 0 Å². The largest absolute Gasteiger partial charge is 0.450 e. The van der Waals surface area contributed by atoms with Gasteiger partial charge in [0.15, 0.2) is 0 Å². The minimum atomic E-state index is -0.352. The van der Waals surface area contributed by atoms with Crippen LogP contribution in [0.1, 0.15) is 347 Å². The van der Waals surface area contributed by atoms with Crippen LogP contribution >= 0.6 is 45.2 Å². The van der Waals surface area contributed by atoms with Gasteiger partial charge in [-0.2, -0.15) is 0 Å². The van der Waals surface area contributed by atoms with Gasteiger partial charge in [-0.1, -0.05) is 241 Å². The van der Waals surface area contributed by atoms with Crippen molar-refractivity contribution in [2.75, 3.05) is 43.4 Å². The number of carbonyl (C=O) groups excluding carboxylic acids is 4. The average molecular weight is 1610 g/mol. The van der Waals surface area contributed by atoms with Gasteiger partial charge in [-0.05, 0) is 246 Å². The lowest BCUT2D eigenvalue weighted by atomic mass is 9.72. The first-order valence-electron chi connectivity index (χ1n) is 39.0. The fourth-order valence-corrected chi connectivity index (χ4v) is 10.4. The lowest BCUT2D eigenvalue weighted by Crippen LogP contribution is -2.39. The Morgan fingerprint density at radius 3 is 0.701 bits per heavy atom. The van der Waals surface area contributed by atoms with Gasteiger partial charge in [-0.3, -0.25) is 4.79 Å². The summed E-state index contributed by atoms with van der Waals surface area (Å²) < 4.78 is 38.8. The second-order valence-electron chi connectivity index (χ2n) is 32.0. The second-order valence-corrected chi connectivity index (χ2v) is 32.0. The zero-order valence-corrected chi connectivity index (χ0v) is 70.1. The maximum absolute atomic E-state index is 12.4. The molecule has 4 N–H and O–H groups in total. The smallest absolute Gasteiger partial charge is 0.407 e. The summed E-state index contributed by atoms with van der Waals surface area (Å²) >= 11 is 3.91. The van der Waals surface area contributed by atoms with Crippen LogP contribution in [0.15, 0.2) is 0 Å². The van der Waals surface area contributed by atoms with Crippen LogP contribution in [0.4, 0.5) is 14.4 Å². The first-order valence-corrected chi connectivity index (χ1v) is 40.1. The molecule has 0 unspecified atom stereocenters. The SMILES string of the molecule is C.C.C.C.CC(C)C(C)(C)C(C)C.CC(C)C(C)(C)C(C)C.CC(C)C(C)C.CC(C)C(C)C.CC(C)C(C)C.COCCCCOC(=O)NC1CCC(CC2CCC(NC(=O)OCCCCOC(=O)NC3CCC(CC4CCC(NC(C)=O)CC4)CC3)CC2)CC1.[2H]CI.[2H]CI.[2H][B]. The van der Waals surface area contributed by atoms with Gasteiger partial charge in [0.05, 0.1) is 19.8 Å². The second kappa shape index (κ2) is 67.9. The Kier molecular flexibility index (Phi) is 74.7. The van der Waals surface area contributed by atoms with Crippen LogP contribution in [0.2, 0.25) is 0 Å². The van der Waals surface area contributed by atoms with Crippen molar-refractivity contribution in [3.05, 3.63) is 0 Å². The molecule has 0 spiro atoms. The molecule has 0 heterocycles. The number of carbonyl (C=O) groups is 4. The van der Waals surface area contributed by atoms with Crippen LogP contribution in [0.3, 0.4) is 0 Å². The van der Waals surface area contributed by atoms with Crippen molar-refractivity contribution in [1.82, 2.24) is 21.3 Å². The van der Waals surface area contributed by atoms with Crippen LogP contribution in [0, 0.1) is 93.7 Å². The van der Waals surface area contributed by atoms with Crippen molar-refractivity contribution < 1.29 is 40.9 Å². The number of rotatable bonds is 25. The summed E-state index contributed by atoms with van der Waals surface area (Å²) in [7, 11) is 5.43. The Balaban J connectivity index is -0.000000199. The van der Waals surface area contributed by atoms with E-state index in [1.165, 1.54) is 25.7 Å². The Hall–Kier alpha value is -1.24. The van der Waals surface area contributed by atoms with Gasteiger partial charge in [0.1, 0.15) is 0 Å². The van der Waals surface area contributed by atoms with Crippen molar-refractivity contribution >= 4 is 77.7 Å². The first-order chi connectivity index (χ1) is 44.8. The molecule has 4 rings (SSSR count). The number of ether oxygens (including phenoxy) is 4. The van der Waals surface area contributed by atoms with E-state index in [0.29, 0.717) is 77.8 Å². The summed E-state index contributed by atoms with van der Waals surface area (Å²) in [5.41, 5.74) is 1.00. The van der Waals surface area contributed by atoms with E-state index in [2.05, 4.69) is 196 Å². The standard InChI is InChI=1S/C40H70N4O8.2C9H20.3C6H14.2CH3I.4CH4.BH/c1-29(45)41-34-15-7-30(8-16-34)27-31-9-17-36(18-10-31)43-39(47)51-25-5-6-26-52-40(48)44-37-21-13-33(14-22-37)28-32-11-19-35(20-12-32)42-38(46)50-24-4-3-23-49-2;2*1-7(2)9(5,6)8(3)4;3*1-5(2)6(3)4;2*1-2;;;;;/h30-37H,3-28H2,1-2H3,(H,41,45)(H,42,46)(H,43,47)(H,44,48);2*7-8H,1-6H3;3*5-6H,1-4H3;2*1H3;4*1H4;1H/i;;;;;;2*1D;;;;;1D. The van der Waals surface area contributed by atoms with Crippen molar-refractivity contribution in [2.24, 2.45) is 93.7 Å². The maximum atomic E-state index is 12.4. The molecule has 12 nitrogen and oxygen atoms in total. The zero-order chi connectivity index (χ0) is 75.2. The molecule has 0 bridgehead atoms. The molecule has 0 saturated heterocycles. The van der Waals surface area contributed by atoms with E-state index >= 15 is 0 Å². The van der Waals surface area contributed by atoms with E-state index in [9.17, 15) is 19.2 Å². The third-order valence-corrected chi connectivity index (χ3v) is 22.0. The molecule has 0 aromatic carbocycles. The number of nitrogens with one attached hydrogen (secondary N) is 4. The summed E-state index contributed by atoms with van der Waals surface area (Å²) in [6, 6.07) is 0.923.